The Morgan fingerprint density at radius 1 is 1.00 bits per heavy atom. The van der Waals surface area contributed by atoms with Crippen LogP contribution < -0.4 is 9.47 Å². The third-order valence-electron chi connectivity index (χ3n) is 3.15. The molecule has 0 unspecified atom stereocenters. The van der Waals surface area contributed by atoms with Crippen molar-refractivity contribution in [3.63, 3.8) is 0 Å². The van der Waals surface area contributed by atoms with Gasteiger partial charge in [-0.05, 0) is 52.7 Å². The summed E-state index contributed by atoms with van der Waals surface area (Å²) in [6.07, 6.45) is 1.65. The van der Waals surface area contributed by atoms with Gasteiger partial charge in [-0.1, -0.05) is 24.3 Å². The van der Waals surface area contributed by atoms with Crippen LogP contribution in [-0.2, 0) is 11.2 Å². The first-order valence-corrected chi connectivity index (χ1v) is 8.49. The van der Waals surface area contributed by atoms with Crippen LogP contribution in [0.25, 0.3) is 11.1 Å². The first-order valence-electron chi connectivity index (χ1n) is 8.49. The van der Waals surface area contributed by atoms with E-state index in [1.165, 1.54) is 0 Å². The van der Waals surface area contributed by atoms with Crippen molar-refractivity contribution < 1.29 is 19.4 Å². The third kappa shape index (κ3) is 6.02. The van der Waals surface area contributed by atoms with Crippen molar-refractivity contribution in [2.45, 2.75) is 59.2 Å². The fourth-order valence-electron chi connectivity index (χ4n) is 2.22. The molecule has 0 saturated heterocycles. The number of aromatic nitrogens is 2. The molecule has 140 valence electrons. The first-order chi connectivity index (χ1) is 11.9. The van der Waals surface area contributed by atoms with Crippen LogP contribution in [-0.4, -0.2) is 32.2 Å². The van der Waals surface area contributed by atoms with E-state index < -0.39 is 17.2 Å². The number of carboxylic acid groups (broad SMARTS) is 1. The normalized spacial score (nSPS) is 11.9. The summed E-state index contributed by atoms with van der Waals surface area (Å²) in [6.45, 7) is 11.6. The molecule has 6 heteroatoms. The number of rotatable bonds is 5. The molecule has 0 radical (unpaired) electrons. The van der Waals surface area contributed by atoms with Gasteiger partial charge in [-0.3, -0.25) is 4.79 Å². The highest BCUT2D eigenvalue weighted by Gasteiger charge is 2.21. The summed E-state index contributed by atoms with van der Waals surface area (Å²) in [7, 11) is 0. The minimum Gasteiger partial charge on any atom is -0.481 e. The molecule has 2 aromatic rings. The van der Waals surface area contributed by atoms with Gasteiger partial charge in [0, 0.05) is 6.20 Å². The molecule has 6 nitrogen and oxygen atoms in total. The highest BCUT2D eigenvalue weighted by Crippen LogP contribution is 2.32. The van der Waals surface area contributed by atoms with Gasteiger partial charge in [0.2, 0.25) is 5.88 Å². The lowest BCUT2D eigenvalue weighted by atomic mass is 10.0. The molecule has 2 rings (SSSR count). The first kappa shape index (κ1) is 19.7. The molecule has 0 aliphatic rings. The van der Waals surface area contributed by atoms with Gasteiger partial charge in [0.05, 0.1) is 12.0 Å². The van der Waals surface area contributed by atoms with Crippen molar-refractivity contribution in [2.24, 2.45) is 0 Å². The SMILES string of the molecule is CC(C)(C)Oc1ncc(-c2ccc(CC(=O)O)cc2)c(OC(C)(C)C)n1. The molecule has 0 amide bonds. The van der Waals surface area contributed by atoms with Gasteiger partial charge in [-0.2, -0.15) is 4.98 Å². The van der Waals surface area contributed by atoms with E-state index in [4.69, 9.17) is 14.6 Å². The second-order valence-electron chi connectivity index (χ2n) is 8.07. The Kier molecular flexibility index (Phi) is 5.54. The quantitative estimate of drug-likeness (QED) is 0.865. The number of carboxylic acids is 1. The van der Waals surface area contributed by atoms with Crippen LogP contribution in [0.1, 0.15) is 47.1 Å². The minimum absolute atomic E-state index is 0.0134. The molecule has 0 bridgehead atoms. The van der Waals surface area contributed by atoms with Crippen LogP contribution in [0.4, 0.5) is 0 Å². The van der Waals surface area contributed by atoms with E-state index in [9.17, 15) is 4.79 Å². The van der Waals surface area contributed by atoms with Crippen LogP contribution in [0.3, 0.4) is 0 Å². The number of hydrogen-bond acceptors (Lipinski definition) is 5. The fourth-order valence-corrected chi connectivity index (χ4v) is 2.22. The predicted octanol–water partition coefficient (Wildman–Crippen LogP) is 4.13. The average molecular weight is 358 g/mol. The number of aliphatic carboxylic acids is 1. The smallest absolute Gasteiger partial charge is 0.320 e. The average Bonchev–Trinajstić information content (AvgIpc) is 2.44. The van der Waals surface area contributed by atoms with Crippen molar-refractivity contribution in [3.8, 4) is 23.0 Å². The van der Waals surface area contributed by atoms with Crippen molar-refractivity contribution >= 4 is 5.97 Å². The maximum atomic E-state index is 10.8. The molecule has 1 heterocycles. The summed E-state index contributed by atoms with van der Waals surface area (Å²) < 4.78 is 11.8. The van der Waals surface area contributed by atoms with E-state index in [2.05, 4.69) is 9.97 Å². The van der Waals surface area contributed by atoms with E-state index in [1.54, 1.807) is 18.3 Å². The Hall–Kier alpha value is -2.63. The summed E-state index contributed by atoms with van der Waals surface area (Å²) in [4.78, 5) is 19.6. The second-order valence-corrected chi connectivity index (χ2v) is 8.07. The Morgan fingerprint density at radius 3 is 2.08 bits per heavy atom. The van der Waals surface area contributed by atoms with Crippen LogP contribution in [0, 0.1) is 0 Å². The molecule has 0 aliphatic carbocycles. The molecule has 1 N–H and O–H groups in total. The van der Waals surface area contributed by atoms with Crippen molar-refractivity contribution in [1.29, 1.82) is 0 Å². The summed E-state index contributed by atoms with van der Waals surface area (Å²) in [5.41, 5.74) is 1.45. The van der Waals surface area contributed by atoms with Crippen LogP contribution in [0.15, 0.2) is 30.5 Å². The van der Waals surface area contributed by atoms with Gasteiger partial charge < -0.3 is 14.6 Å². The summed E-state index contributed by atoms with van der Waals surface area (Å²) in [5.74, 6) is -0.431. The van der Waals surface area contributed by atoms with Gasteiger partial charge in [-0.15, -0.1) is 0 Å². The molecule has 0 spiro atoms. The van der Waals surface area contributed by atoms with Gasteiger partial charge >= 0.3 is 12.0 Å². The lowest BCUT2D eigenvalue weighted by molar-refractivity contribution is -0.136. The number of ether oxygens (including phenoxy) is 2. The van der Waals surface area contributed by atoms with Gasteiger partial charge in [0.1, 0.15) is 11.2 Å². The Bertz CT molecular complexity index is 772. The molecular formula is C20H26N2O4. The molecule has 0 saturated carbocycles. The Labute approximate surface area is 154 Å². The number of carbonyl (C=O) groups is 1. The molecule has 0 fully saturated rings. The van der Waals surface area contributed by atoms with E-state index in [0.717, 1.165) is 16.7 Å². The zero-order valence-electron chi connectivity index (χ0n) is 16.2. The zero-order valence-corrected chi connectivity index (χ0v) is 16.2. The topological polar surface area (TPSA) is 81.5 Å². The van der Waals surface area contributed by atoms with Gasteiger partial charge in [0.15, 0.2) is 0 Å². The Morgan fingerprint density at radius 2 is 1.58 bits per heavy atom. The van der Waals surface area contributed by atoms with E-state index in [-0.39, 0.29) is 12.4 Å². The van der Waals surface area contributed by atoms with Crippen LogP contribution in [0.5, 0.6) is 11.9 Å². The van der Waals surface area contributed by atoms with Crippen molar-refractivity contribution in [2.75, 3.05) is 0 Å². The highest BCUT2D eigenvalue weighted by molar-refractivity contribution is 5.72. The number of benzene rings is 1. The number of nitrogens with zero attached hydrogens (tertiary/aromatic N) is 2. The molecule has 1 aromatic carbocycles. The van der Waals surface area contributed by atoms with Crippen LogP contribution >= 0.6 is 0 Å². The standard InChI is InChI=1S/C20H26N2O4/c1-19(2,3)25-17-15(12-21-18(22-17)26-20(4,5)6)14-9-7-13(8-10-14)11-16(23)24/h7-10,12H,11H2,1-6H3,(H,23,24). The predicted molar refractivity (Wildman–Crippen MR) is 99.6 cm³/mol. The maximum absolute atomic E-state index is 10.8. The van der Waals surface area contributed by atoms with Crippen LogP contribution in [0.2, 0.25) is 0 Å². The lowest BCUT2D eigenvalue weighted by Gasteiger charge is -2.24. The van der Waals surface area contributed by atoms with Crippen molar-refractivity contribution in [3.05, 3.63) is 36.0 Å². The Balaban J connectivity index is 2.41. The third-order valence-corrected chi connectivity index (χ3v) is 3.15. The summed E-state index contributed by atoms with van der Waals surface area (Å²) in [6, 6.07) is 7.50. The van der Waals surface area contributed by atoms with Crippen molar-refractivity contribution in [1.82, 2.24) is 9.97 Å². The molecule has 26 heavy (non-hydrogen) atoms. The van der Waals surface area contributed by atoms with Gasteiger partial charge in [-0.25, -0.2) is 4.98 Å². The molecule has 0 atom stereocenters. The lowest BCUT2D eigenvalue weighted by Crippen LogP contribution is -2.26. The molecule has 0 aliphatic heterocycles. The van der Waals surface area contributed by atoms with E-state index >= 15 is 0 Å². The molecule has 1 aromatic heterocycles. The minimum atomic E-state index is -0.860. The molecular weight excluding hydrogens is 332 g/mol. The summed E-state index contributed by atoms with van der Waals surface area (Å²) >= 11 is 0. The highest BCUT2D eigenvalue weighted by atomic mass is 16.5. The summed E-state index contributed by atoms with van der Waals surface area (Å²) in [5, 5.41) is 8.89. The van der Waals surface area contributed by atoms with Gasteiger partial charge in [0.25, 0.3) is 0 Å². The monoisotopic (exact) mass is 358 g/mol. The zero-order chi connectivity index (χ0) is 19.5. The maximum Gasteiger partial charge on any atom is 0.320 e. The fraction of sp³-hybridized carbons (Fsp3) is 0.450. The van der Waals surface area contributed by atoms with E-state index in [1.807, 2.05) is 53.7 Å². The number of hydrogen-bond donors (Lipinski definition) is 1. The van der Waals surface area contributed by atoms with E-state index in [0.29, 0.717) is 5.88 Å². The second kappa shape index (κ2) is 7.32. The largest absolute Gasteiger partial charge is 0.481 e.